The number of amides is 1. The second-order valence-corrected chi connectivity index (χ2v) is 4.35. The Morgan fingerprint density at radius 2 is 1.88 bits per heavy atom. The zero-order valence-electron chi connectivity index (χ0n) is 9.68. The minimum Gasteiger partial charge on any atom is -0.329 e. The van der Waals surface area contributed by atoms with Crippen LogP contribution in [0.1, 0.15) is 22.2 Å². The average molecular weight is 228 g/mol. The zero-order valence-corrected chi connectivity index (χ0v) is 9.68. The Morgan fingerprint density at radius 1 is 1.18 bits per heavy atom. The molecule has 86 valence electrons. The molecule has 0 bridgehead atoms. The molecule has 1 aromatic heterocycles. The summed E-state index contributed by atoms with van der Waals surface area (Å²) in [6.07, 6.45) is 0. The third kappa shape index (κ3) is 1.18. The Labute approximate surface area is 98.4 Å². The molecule has 0 aliphatic carbocycles. The van der Waals surface area contributed by atoms with Gasteiger partial charge in [-0.15, -0.1) is 0 Å². The highest BCUT2D eigenvalue weighted by Gasteiger charge is 2.34. The summed E-state index contributed by atoms with van der Waals surface area (Å²) in [5.41, 5.74) is 1.26. The van der Waals surface area contributed by atoms with Crippen LogP contribution >= 0.6 is 0 Å². The molecule has 0 saturated heterocycles. The van der Waals surface area contributed by atoms with Gasteiger partial charge in [0.25, 0.3) is 11.8 Å². The van der Waals surface area contributed by atoms with Gasteiger partial charge in [-0.25, -0.2) is 0 Å². The summed E-state index contributed by atoms with van der Waals surface area (Å²) in [5, 5.41) is 0.923. The lowest BCUT2D eigenvalue weighted by Gasteiger charge is -2.29. The van der Waals surface area contributed by atoms with E-state index in [2.05, 4.69) is 0 Å². The fourth-order valence-electron chi connectivity index (χ4n) is 2.26. The summed E-state index contributed by atoms with van der Waals surface area (Å²) in [4.78, 5) is 25.8. The van der Waals surface area contributed by atoms with Crippen LogP contribution in [0.15, 0.2) is 30.3 Å². The summed E-state index contributed by atoms with van der Waals surface area (Å²) in [6, 6.07) is 8.91. The molecule has 0 N–H and O–H groups in total. The Bertz CT molecular complexity index is 642. The molecule has 1 atom stereocenters. The third-order valence-corrected chi connectivity index (χ3v) is 3.41. The average Bonchev–Trinajstić information content (AvgIpc) is 2.73. The number of carbonyl (C=O) groups is 2. The maximum atomic E-state index is 12.2. The van der Waals surface area contributed by atoms with Gasteiger partial charge in [0, 0.05) is 12.4 Å². The van der Waals surface area contributed by atoms with Gasteiger partial charge in [-0.2, -0.15) is 0 Å². The molecule has 4 heteroatoms. The van der Waals surface area contributed by atoms with Crippen molar-refractivity contribution in [3.8, 4) is 0 Å². The first-order valence-electron chi connectivity index (χ1n) is 5.53. The van der Waals surface area contributed by atoms with Gasteiger partial charge in [0.15, 0.2) is 0 Å². The highest BCUT2D eigenvalue weighted by molar-refractivity contribution is 6.10. The molecular weight excluding hydrogens is 216 g/mol. The van der Waals surface area contributed by atoms with Crippen molar-refractivity contribution in [1.29, 1.82) is 0 Å². The van der Waals surface area contributed by atoms with E-state index in [-0.39, 0.29) is 11.8 Å². The maximum Gasteiger partial charge on any atom is 0.271 e. The van der Waals surface area contributed by atoms with Crippen molar-refractivity contribution in [2.75, 3.05) is 7.05 Å². The minimum atomic E-state index is -0.411. The van der Waals surface area contributed by atoms with Crippen LogP contribution in [0.4, 0.5) is 0 Å². The molecule has 0 fully saturated rings. The molecule has 0 saturated carbocycles. The van der Waals surface area contributed by atoms with Crippen LogP contribution in [0.2, 0.25) is 0 Å². The van der Waals surface area contributed by atoms with Crippen molar-refractivity contribution in [1.82, 2.24) is 9.47 Å². The van der Waals surface area contributed by atoms with Crippen LogP contribution in [0.25, 0.3) is 10.9 Å². The second kappa shape index (κ2) is 3.20. The van der Waals surface area contributed by atoms with Crippen molar-refractivity contribution in [2.45, 2.75) is 13.0 Å². The van der Waals surface area contributed by atoms with Crippen LogP contribution in [0, 0.1) is 0 Å². The van der Waals surface area contributed by atoms with E-state index in [1.54, 1.807) is 20.0 Å². The van der Waals surface area contributed by atoms with E-state index in [1.165, 1.54) is 9.47 Å². The Kier molecular flexibility index (Phi) is 1.90. The standard InChI is InChI=1S/C13H12N2O2/c1-8-12(16)15-10-6-4-3-5-9(10)7-11(15)13(17)14(8)2/h3-8H,1-2H3/t8-/m0/s1. The molecule has 1 aromatic carbocycles. The minimum absolute atomic E-state index is 0.0525. The largest absolute Gasteiger partial charge is 0.329 e. The lowest BCUT2D eigenvalue weighted by Crippen LogP contribution is -2.48. The molecular formula is C13H12N2O2. The number of likely N-dealkylation sites (N-methyl/N-ethyl adjacent to an activating group) is 1. The summed E-state index contributed by atoms with van der Waals surface area (Å²) < 4.78 is 1.53. The van der Waals surface area contributed by atoms with Gasteiger partial charge in [0.2, 0.25) is 0 Å². The van der Waals surface area contributed by atoms with Gasteiger partial charge in [-0.3, -0.25) is 14.2 Å². The van der Waals surface area contributed by atoms with Crippen LogP contribution in [0.5, 0.6) is 0 Å². The molecule has 17 heavy (non-hydrogen) atoms. The highest BCUT2D eigenvalue weighted by atomic mass is 16.2. The van der Waals surface area contributed by atoms with E-state index in [0.29, 0.717) is 5.69 Å². The van der Waals surface area contributed by atoms with Crippen molar-refractivity contribution in [3.63, 3.8) is 0 Å². The number of hydrogen-bond acceptors (Lipinski definition) is 2. The molecule has 1 aliphatic rings. The van der Waals surface area contributed by atoms with Gasteiger partial charge < -0.3 is 4.90 Å². The van der Waals surface area contributed by atoms with Crippen molar-refractivity contribution >= 4 is 22.7 Å². The molecule has 3 rings (SSSR count). The first-order chi connectivity index (χ1) is 8.11. The number of carbonyl (C=O) groups excluding carboxylic acids is 2. The molecule has 1 amide bonds. The van der Waals surface area contributed by atoms with Gasteiger partial charge in [0.1, 0.15) is 11.7 Å². The lowest BCUT2D eigenvalue weighted by atomic mass is 10.2. The molecule has 2 heterocycles. The highest BCUT2D eigenvalue weighted by Crippen LogP contribution is 2.25. The fourth-order valence-corrected chi connectivity index (χ4v) is 2.26. The fraction of sp³-hybridized carbons (Fsp3) is 0.231. The molecule has 1 aliphatic heterocycles. The summed E-state index contributed by atoms with van der Waals surface area (Å²) >= 11 is 0. The van der Waals surface area contributed by atoms with E-state index in [9.17, 15) is 9.59 Å². The summed E-state index contributed by atoms with van der Waals surface area (Å²) in [5.74, 6) is -0.156. The zero-order chi connectivity index (χ0) is 12.2. The normalized spacial score (nSPS) is 19.9. The number of rotatable bonds is 0. The monoisotopic (exact) mass is 228 g/mol. The van der Waals surface area contributed by atoms with Crippen LogP contribution in [-0.2, 0) is 0 Å². The molecule has 4 nitrogen and oxygen atoms in total. The first kappa shape index (κ1) is 10.1. The number of nitrogens with zero attached hydrogens (tertiary/aromatic N) is 2. The SMILES string of the molecule is C[C@H]1C(=O)n2c(cc3ccccc32)C(=O)N1C. The Morgan fingerprint density at radius 3 is 2.65 bits per heavy atom. The van der Waals surface area contributed by atoms with Gasteiger partial charge in [-0.05, 0) is 19.1 Å². The van der Waals surface area contributed by atoms with Gasteiger partial charge in [-0.1, -0.05) is 18.2 Å². The Hall–Kier alpha value is -2.10. The predicted molar refractivity (Wildman–Crippen MR) is 64.1 cm³/mol. The topological polar surface area (TPSA) is 42.3 Å². The molecule has 0 spiro atoms. The van der Waals surface area contributed by atoms with Crippen LogP contribution in [0.3, 0.4) is 0 Å². The van der Waals surface area contributed by atoms with E-state index in [0.717, 1.165) is 10.9 Å². The van der Waals surface area contributed by atoms with Gasteiger partial charge >= 0.3 is 0 Å². The molecule has 2 aromatic rings. The first-order valence-corrected chi connectivity index (χ1v) is 5.53. The van der Waals surface area contributed by atoms with Crippen LogP contribution < -0.4 is 0 Å². The number of benzene rings is 1. The molecule has 0 unspecified atom stereocenters. The van der Waals surface area contributed by atoms with E-state index in [1.807, 2.05) is 24.3 Å². The number of para-hydroxylation sites is 1. The molecule has 0 radical (unpaired) electrons. The van der Waals surface area contributed by atoms with E-state index >= 15 is 0 Å². The van der Waals surface area contributed by atoms with E-state index < -0.39 is 6.04 Å². The van der Waals surface area contributed by atoms with E-state index in [4.69, 9.17) is 0 Å². The smallest absolute Gasteiger partial charge is 0.271 e. The predicted octanol–water partition coefficient (Wildman–Crippen LogP) is 1.76. The van der Waals surface area contributed by atoms with Crippen molar-refractivity contribution < 1.29 is 9.59 Å². The summed E-state index contributed by atoms with van der Waals surface area (Å²) in [6.45, 7) is 1.75. The van der Waals surface area contributed by atoms with Crippen LogP contribution in [-0.4, -0.2) is 34.4 Å². The van der Waals surface area contributed by atoms with Crippen molar-refractivity contribution in [3.05, 3.63) is 36.0 Å². The number of fused-ring (bicyclic) bond motifs is 3. The number of hydrogen-bond donors (Lipinski definition) is 0. The van der Waals surface area contributed by atoms with Gasteiger partial charge in [0.05, 0.1) is 5.52 Å². The lowest BCUT2D eigenvalue weighted by molar-refractivity contribution is 0.0575. The Balaban J connectivity index is 2.38. The quantitative estimate of drug-likeness (QED) is 0.689. The number of aromatic nitrogens is 1. The van der Waals surface area contributed by atoms with Crippen molar-refractivity contribution in [2.24, 2.45) is 0 Å². The second-order valence-electron chi connectivity index (χ2n) is 4.35. The third-order valence-electron chi connectivity index (χ3n) is 3.41. The maximum absolute atomic E-state index is 12.2. The summed E-state index contributed by atoms with van der Waals surface area (Å²) in [7, 11) is 1.66.